The first kappa shape index (κ1) is 21.5. The molecule has 0 aliphatic carbocycles. The highest BCUT2D eigenvalue weighted by molar-refractivity contribution is 5.99. The third-order valence-corrected chi connectivity index (χ3v) is 5.42. The lowest BCUT2D eigenvalue weighted by Crippen LogP contribution is -2.64. The number of ether oxygens (including phenoxy) is 4. The molecule has 1 amide bonds. The Morgan fingerprint density at radius 2 is 1.77 bits per heavy atom. The normalized spacial score (nSPS) is 28.0. The van der Waals surface area contributed by atoms with E-state index in [9.17, 15) is 9.59 Å². The molecule has 5 atom stereocenters. The van der Waals surface area contributed by atoms with Crippen molar-refractivity contribution in [3.05, 3.63) is 65.7 Å². The number of methoxy groups -OCH3 is 1. The predicted molar refractivity (Wildman–Crippen MR) is 113 cm³/mol. The lowest BCUT2D eigenvalue weighted by atomic mass is 9.97. The molecule has 2 aliphatic rings. The zero-order chi connectivity index (χ0) is 22.0. The largest absolute Gasteiger partial charge is 0.378 e. The van der Waals surface area contributed by atoms with E-state index in [0.717, 1.165) is 11.3 Å². The summed E-state index contributed by atoms with van der Waals surface area (Å²) in [5.74, 6) is -0.690. The highest BCUT2D eigenvalue weighted by Crippen LogP contribution is 2.32. The van der Waals surface area contributed by atoms with E-state index in [-0.39, 0.29) is 18.3 Å². The van der Waals surface area contributed by atoms with Gasteiger partial charge in [0.2, 0.25) is 0 Å². The van der Waals surface area contributed by atoms with Crippen LogP contribution in [-0.4, -0.2) is 64.0 Å². The lowest BCUT2D eigenvalue weighted by molar-refractivity contribution is -0.302. The van der Waals surface area contributed by atoms with E-state index in [1.54, 1.807) is 12.1 Å². The maximum atomic E-state index is 13.3. The summed E-state index contributed by atoms with van der Waals surface area (Å²) in [4.78, 5) is 28.0. The number of fused-ring (bicyclic) bond motifs is 1. The third-order valence-electron chi connectivity index (χ3n) is 5.42. The highest BCUT2D eigenvalue weighted by atomic mass is 16.7. The number of amides is 1. The van der Waals surface area contributed by atoms with Crippen molar-refractivity contribution < 1.29 is 28.5 Å². The van der Waals surface area contributed by atoms with Crippen molar-refractivity contribution in [1.29, 1.82) is 0 Å². The van der Waals surface area contributed by atoms with Crippen LogP contribution >= 0.6 is 0 Å². The molecule has 0 bridgehead atoms. The van der Waals surface area contributed by atoms with Crippen LogP contribution in [0.25, 0.3) is 0 Å². The average molecular weight is 426 g/mol. The molecule has 0 spiro atoms. The molecule has 2 aromatic rings. The number of hydrogen-bond acceptors (Lipinski definition) is 7. The average Bonchev–Trinajstić information content (AvgIpc) is 2.81. The Hall–Kier alpha value is -2.78. The first-order chi connectivity index (χ1) is 15.0. The number of anilines is 1. The molecule has 0 saturated carbocycles. The van der Waals surface area contributed by atoms with E-state index in [0.29, 0.717) is 5.56 Å². The van der Waals surface area contributed by atoms with Crippen molar-refractivity contribution in [2.75, 3.05) is 32.7 Å². The van der Waals surface area contributed by atoms with Crippen molar-refractivity contribution in [2.45, 2.75) is 30.8 Å². The van der Waals surface area contributed by atoms with Crippen molar-refractivity contribution >= 4 is 17.4 Å². The topological polar surface area (TPSA) is 86.3 Å². The van der Waals surface area contributed by atoms with Crippen LogP contribution in [0.2, 0.25) is 0 Å². The van der Waals surface area contributed by atoms with Gasteiger partial charge in [-0.25, -0.2) is 0 Å². The molecule has 0 radical (unpaired) electrons. The Morgan fingerprint density at radius 3 is 2.42 bits per heavy atom. The van der Waals surface area contributed by atoms with Gasteiger partial charge in [0.25, 0.3) is 5.91 Å². The number of carbonyl (C=O) groups is 2. The van der Waals surface area contributed by atoms with E-state index >= 15 is 0 Å². The molecule has 0 unspecified atom stereocenters. The van der Waals surface area contributed by atoms with Crippen LogP contribution in [-0.2, 0) is 23.7 Å². The van der Waals surface area contributed by atoms with Gasteiger partial charge in [-0.3, -0.25) is 9.59 Å². The zero-order valence-electron chi connectivity index (χ0n) is 17.7. The minimum atomic E-state index is -0.998. The van der Waals surface area contributed by atoms with Gasteiger partial charge in [-0.05, 0) is 24.3 Å². The number of carbonyl (C=O) groups excluding carboxylic acids is 2. The number of Topliss-reactive ketones (excluding diaryl/α,β-unsaturated/α-hetero) is 1. The summed E-state index contributed by atoms with van der Waals surface area (Å²) in [6.45, 7) is 0.183. The number of benzene rings is 2. The van der Waals surface area contributed by atoms with Crippen LogP contribution in [0.4, 0.5) is 5.69 Å². The van der Waals surface area contributed by atoms with Crippen molar-refractivity contribution in [3.8, 4) is 0 Å². The second kappa shape index (κ2) is 9.15. The predicted octanol–water partition coefficient (Wildman–Crippen LogP) is 1.91. The van der Waals surface area contributed by atoms with Crippen LogP contribution in [0.5, 0.6) is 0 Å². The fourth-order valence-electron chi connectivity index (χ4n) is 3.70. The highest BCUT2D eigenvalue weighted by Gasteiger charge is 2.50. The standard InChI is InChI=1S/C23H26N2O6/c1-25(2)16-11-9-14(10-12-16)21(27)24-18-19(26)20-17(30-23(18)28-3)13-29-22(31-20)15-7-5-4-6-8-15/h4-12,17-18,20,22-23H,13H2,1-3H3,(H,24,27)/t17-,18-,20-,22-,23+/m1/s1. The SMILES string of the molecule is CO[C@H]1O[C@@H]2CO[C@@H](c3ccccc3)O[C@H]2C(=O)[C@H]1NC(=O)c1ccc(N(C)C)cc1. The Labute approximate surface area is 181 Å². The van der Waals surface area contributed by atoms with Gasteiger partial charge in [0.15, 0.2) is 18.4 Å². The van der Waals surface area contributed by atoms with Gasteiger partial charge in [-0.2, -0.15) is 0 Å². The van der Waals surface area contributed by atoms with Crippen molar-refractivity contribution in [1.82, 2.24) is 5.32 Å². The van der Waals surface area contributed by atoms with Crippen LogP contribution in [0.3, 0.4) is 0 Å². The fraction of sp³-hybridized carbons (Fsp3) is 0.391. The number of nitrogens with zero attached hydrogens (tertiary/aromatic N) is 1. The maximum Gasteiger partial charge on any atom is 0.252 e. The number of hydrogen-bond donors (Lipinski definition) is 1. The summed E-state index contributed by atoms with van der Waals surface area (Å²) in [6.07, 6.45) is -3.08. The molecule has 2 heterocycles. The van der Waals surface area contributed by atoms with Gasteiger partial charge in [0.1, 0.15) is 18.2 Å². The Kier molecular flexibility index (Phi) is 6.33. The van der Waals surface area contributed by atoms with Gasteiger partial charge >= 0.3 is 0 Å². The smallest absolute Gasteiger partial charge is 0.252 e. The van der Waals surface area contributed by atoms with Gasteiger partial charge in [-0.1, -0.05) is 30.3 Å². The van der Waals surface area contributed by atoms with Gasteiger partial charge in [-0.15, -0.1) is 0 Å². The third kappa shape index (κ3) is 4.47. The second-order valence-corrected chi connectivity index (χ2v) is 7.71. The van der Waals surface area contributed by atoms with Crippen molar-refractivity contribution in [3.63, 3.8) is 0 Å². The zero-order valence-corrected chi connectivity index (χ0v) is 17.7. The summed E-state index contributed by atoms with van der Waals surface area (Å²) >= 11 is 0. The van der Waals surface area contributed by atoms with E-state index in [1.807, 2.05) is 61.5 Å². The van der Waals surface area contributed by atoms with Crippen LogP contribution in [0, 0.1) is 0 Å². The Balaban J connectivity index is 1.49. The minimum Gasteiger partial charge on any atom is -0.378 e. The quantitative estimate of drug-likeness (QED) is 0.782. The number of rotatable bonds is 5. The van der Waals surface area contributed by atoms with E-state index < -0.39 is 30.8 Å². The molecule has 2 fully saturated rings. The molecule has 164 valence electrons. The maximum absolute atomic E-state index is 13.3. The first-order valence-electron chi connectivity index (χ1n) is 10.1. The monoisotopic (exact) mass is 426 g/mol. The molecule has 4 rings (SSSR count). The molecule has 2 aromatic carbocycles. The molecule has 2 saturated heterocycles. The molecule has 1 N–H and O–H groups in total. The van der Waals surface area contributed by atoms with E-state index in [2.05, 4.69) is 5.32 Å². The lowest BCUT2D eigenvalue weighted by Gasteiger charge is -2.43. The Morgan fingerprint density at radius 1 is 1.06 bits per heavy atom. The molecular weight excluding hydrogens is 400 g/mol. The van der Waals surface area contributed by atoms with E-state index in [4.69, 9.17) is 18.9 Å². The summed E-state index contributed by atoms with van der Waals surface area (Å²) in [5.41, 5.74) is 2.21. The van der Waals surface area contributed by atoms with Crippen molar-refractivity contribution in [2.24, 2.45) is 0 Å². The molecule has 2 aliphatic heterocycles. The van der Waals surface area contributed by atoms with Gasteiger partial charge in [0, 0.05) is 38.0 Å². The molecular formula is C23H26N2O6. The summed E-state index contributed by atoms with van der Waals surface area (Å²) in [5, 5.41) is 2.75. The summed E-state index contributed by atoms with van der Waals surface area (Å²) < 4.78 is 22.9. The van der Waals surface area contributed by atoms with Crippen LogP contribution in [0.1, 0.15) is 22.2 Å². The Bertz CT molecular complexity index is 917. The first-order valence-corrected chi connectivity index (χ1v) is 10.1. The minimum absolute atomic E-state index is 0.183. The summed E-state index contributed by atoms with van der Waals surface area (Å²) in [6, 6.07) is 15.5. The fourth-order valence-corrected chi connectivity index (χ4v) is 3.70. The van der Waals surface area contributed by atoms with Gasteiger partial charge < -0.3 is 29.2 Å². The van der Waals surface area contributed by atoms with Crippen LogP contribution < -0.4 is 10.2 Å². The summed E-state index contributed by atoms with van der Waals surface area (Å²) in [7, 11) is 5.27. The van der Waals surface area contributed by atoms with Gasteiger partial charge in [0.05, 0.1) is 6.61 Å². The number of nitrogens with one attached hydrogen (secondary N) is 1. The number of ketones is 1. The van der Waals surface area contributed by atoms with Crippen LogP contribution in [0.15, 0.2) is 54.6 Å². The van der Waals surface area contributed by atoms with E-state index in [1.165, 1.54) is 7.11 Å². The molecule has 31 heavy (non-hydrogen) atoms. The molecule has 0 aromatic heterocycles. The molecule has 8 heteroatoms. The second-order valence-electron chi connectivity index (χ2n) is 7.71. The molecule has 8 nitrogen and oxygen atoms in total.